The Hall–Kier alpha value is -2.14. The molecule has 106 valence electrons. The summed E-state index contributed by atoms with van der Waals surface area (Å²) in [6.45, 7) is 3.62. The van der Waals surface area contributed by atoms with Crippen LogP contribution in [-0.2, 0) is 4.74 Å². The molecule has 1 amide bonds. The van der Waals surface area contributed by atoms with Crippen LogP contribution in [0.5, 0.6) is 0 Å². The van der Waals surface area contributed by atoms with Crippen molar-refractivity contribution in [2.45, 2.75) is 13.3 Å². The SMILES string of the molecule is CCOCCCNC(=O)c1cc2ccccc2oc1=O. The maximum Gasteiger partial charge on any atom is 0.349 e. The fourth-order valence-corrected chi connectivity index (χ4v) is 1.84. The second-order valence-corrected chi connectivity index (χ2v) is 4.29. The minimum Gasteiger partial charge on any atom is -0.422 e. The standard InChI is InChI=1S/C15H17NO4/c1-2-19-9-5-8-16-14(17)12-10-11-6-3-4-7-13(11)20-15(12)18/h3-4,6-7,10H,2,5,8-9H2,1H3,(H,16,17). The normalized spacial score (nSPS) is 10.7. The second-order valence-electron chi connectivity index (χ2n) is 4.29. The van der Waals surface area contributed by atoms with Gasteiger partial charge in [-0.25, -0.2) is 4.79 Å². The number of hydrogen-bond donors (Lipinski definition) is 1. The lowest BCUT2D eigenvalue weighted by Gasteiger charge is -2.05. The van der Waals surface area contributed by atoms with E-state index in [9.17, 15) is 9.59 Å². The van der Waals surface area contributed by atoms with Crippen LogP contribution in [0.3, 0.4) is 0 Å². The molecule has 0 unspecified atom stereocenters. The molecule has 0 aliphatic carbocycles. The van der Waals surface area contributed by atoms with E-state index in [1.165, 1.54) is 0 Å². The Morgan fingerprint density at radius 1 is 1.35 bits per heavy atom. The van der Waals surface area contributed by atoms with Crippen LogP contribution in [0, 0.1) is 0 Å². The molecule has 1 aromatic heterocycles. The molecular formula is C15H17NO4. The Morgan fingerprint density at radius 2 is 2.15 bits per heavy atom. The monoisotopic (exact) mass is 275 g/mol. The number of ether oxygens (including phenoxy) is 1. The molecule has 0 aliphatic rings. The van der Waals surface area contributed by atoms with E-state index in [2.05, 4.69) is 5.32 Å². The van der Waals surface area contributed by atoms with Gasteiger partial charge in [0.1, 0.15) is 11.1 Å². The third-order valence-electron chi connectivity index (χ3n) is 2.84. The van der Waals surface area contributed by atoms with Gasteiger partial charge in [-0.2, -0.15) is 0 Å². The lowest BCUT2D eigenvalue weighted by atomic mass is 10.2. The molecule has 5 heteroatoms. The summed E-state index contributed by atoms with van der Waals surface area (Å²) in [5.41, 5.74) is -0.114. The number of amides is 1. The number of benzene rings is 1. The molecule has 0 radical (unpaired) electrons. The Labute approximate surface area is 116 Å². The molecular weight excluding hydrogens is 258 g/mol. The smallest absolute Gasteiger partial charge is 0.349 e. The molecule has 0 bridgehead atoms. The Bertz CT molecular complexity index is 648. The third kappa shape index (κ3) is 3.45. The van der Waals surface area contributed by atoms with E-state index >= 15 is 0 Å². The average molecular weight is 275 g/mol. The highest BCUT2D eigenvalue weighted by Crippen LogP contribution is 2.12. The minimum atomic E-state index is -0.619. The summed E-state index contributed by atoms with van der Waals surface area (Å²) in [6, 6.07) is 8.65. The zero-order chi connectivity index (χ0) is 14.4. The zero-order valence-corrected chi connectivity index (χ0v) is 11.3. The summed E-state index contributed by atoms with van der Waals surface area (Å²) in [6.07, 6.45) is 0.707. The minimum absolute atomic E-state index is 0.0279. The fourth-order valence-electron chi connectivity index (χ4n) is 1.84. The molecule has 20 heavy (non-hydrogen) atoms. The van der Waals surface area contributed by atoms with Crippen LogP contribution in [0.25, 0.3) is 11.0 Å². The van der Waals surface area contributed by atoms with Crippen molar-refractivity contribution < 1.29 is 13.9 Å². The van der Waals surface area contributed by atoms with E-state index in [-0.39, 0.29) is 5.56 Å². The van der Waals surface area contributed by atoms with E-state index in [0.29, 0.717) is 31.8 Å². The predicted molar refractivity (Wildman–Crippen MR) is 75.9 cm³/mol. The highest BCUT2D eigenvalue weighted by atomic mass is 16.5. The largest absolute Gasteiger partial charge is 0.422 e. The van der Waals surface area contributed by atoms with Crippen LogP contribution in [0.1, 0.15) is 23.7 Å². The molecule has 1 heterocycles. The summed E-state index contributed by atoms with van der Waals surface area (Å²) in [4.78, 5) is 23.7. The van der Waals surface area contributed by atoms with Gasteiger partial charge in [0.15, 0.2) is 0 Å². The number of carbonyl (C=O) groups excluding carboxylic acids is 1. The molecule has 0 aliphatic heterocycles. The Morgan fingerprint density at radius 3 is 2.95 bits per heavy atom. The number of hydrogen-bond acceptors (Lipinski definition) is 4. The lowest BCUT2D eigenvalue weighted by molar-refractivity contribution is 0.0941. The van der Waals surface area contributed by atoms with E-state index in [0.717, 1.165) is 5.39 Å². The zero-order valence-electron chi connectivity index (χ0n) is 11.3. The number of para-hydroxylation sites is 1. The van der Waals surface area contributed by atoms with E-state index in [1.807, 2.05) is 13.0 Å². The molecule has 0 fully saturated rings. The molecule has 2 rings (SSSR count). The van der Waals surface area contributed by atoms with Crippen molar-refractivity contribution in [1.29, 1.82) is 0 Å². The van der Waals surface area contributed by atoms with Gasteiger partial charge in [0.05, 0.1) is 0 Å². The molecule has 0 saturated heterocycles. The molecule has 5 nitrogen and oxygen atoms in total. The summed E-state index contributed by atoms with van der Waals surface area (Å²) >= 11 is 0. The van der Waals surface area contributed by atoms with Gasteiger partial charge in [0.2, 0.25) is 0 Å². The van der Waals surface area contributed by atoms with Crippen LogP contribution in [0.15, 0.2) is 39.5 Å². The first kappa shape index (κ1) is 14.3. The van der Waals surface area contributed by atoms with Gasteiger partial charge in [-0.3, -0.25) is 4.79 Å². The van der Waals surface area contributed by atoms with Crippen molar-refractivity contribution in [2.75, 3.05) is 19.8 Å². The number of fused-ring (bicyclic) bond motifs is 1. The van der Waals surface area contributed by atoms with Crippen LogP contribution in [-0.4, -0.2) is 25.7 Å². The summed E-state index contributed by atoms with van der Waals surface area (Å²) in [7, 11) is 0. The second kappa shape index (κ2) is 6.86. The van der Waals surface area contributed by atoms with Crippen molar-refractivity contribution in [3.8, 4) is 0 Å². The quantitative estimate of drug-likeness (QED) is 0.646. The van der Waals surface area contributed by atoms with Gasteiger partial charge in [-0.15, -0.1) is 0 Å². The number of rotatable bonds is 6. The summed E-state index contributed by atoms with van der Waals surface area (Å²) in [5.74, 6) is -0.416. The van der Waals surface area contributed by atoms with Gasteiger partial charge < -0.3 is 14.5 Å². The van der Waals surface area contributed by atoms with Crippen LogP contribution < -0.4 is 10.9 Å². The number of nitrogens with one attached hydrogen (secondary N) is 1. The topological polar surface area (TPSA) is 68.5 Å². The summed E-state index contributed by atoms with van der Waals surface area (Å²) < 4.78 is 10.3. The van der Waals surface area contributed by atoms with Gasteiger partial charge in [-0.05, 0) is 25.5 Å². The first-order chi connectivity index (χ1) is 9.72. The van der Waals surface area contributed by atoms with Crippen LogP contribution in [0.4, 0.5) is 0 Å². The van der Waals surface area contributed by atoms with E-state index < -0.39 is 11.5 Å². The van der Waals surface area contributed by atoms with Gasteiger partial charge in [0.25, 0.3) is 5.91 Å². The van der Waals surface area contributed by atoms with E-state index in [1.54, 1.807) is 24.3 Å². The van der Waals surface area contributed by atoms with E-state index in [4.69, 9.17) is 9.15 Å². The first-order valence-electron chi connectivity index (χ1n) is 6.61. The maximum atomic E-state index is 11.9. The van der Waals surface area contributed by atoms with Crippen molar-refractivity contribution in [3.63, 3.8) is 0 Å². The highest BCUT2D eigenvalue weighted by Gasteiger charge is 2.12. The Kier molecular flexibility index (Phi) is 4.90. The van der Waals surface area contributed by atoms with Crippen molar-refractivity contribution >= 4 is 16.9 Å². The predicted octanol–water partition coefficient (Wildman–Crippen LogP) is 1.95. The van der Waals surface area contributed by atoms with Gasteiger partial charge in [0, 0.05) is 25.1 Å². The fraction of sp³-hybridized carbons (Fsp3) is 0.333. The molecule has 1 aromatic carbocycles. The van der Waals surface area contributed by atoms with Crippen molar-refractivity contribution in [2.24, 2.45) is 0 Å². The van der Waals surface area contributed by atoms with Crippen LogP contribution in [0.2, 0.25) is 0 Å². The van der Waals surface area contributed by atoms with Gasteiger partial charge >= 0.3 is 5.63 Å². The van der Waals surface area contributed by atoms with Crippen molar-refractivity contribution in [3.05, 3.63) is 46.3 Å². The summed E-state index contributed by atoms with van der Waals surface area (Å²) in [5, 5.41) is 3.41. The first-order valence-corrected chi connectivity index (χ1v) is 6.61. The van der Waals surface area contributed by atoms with Crippen LogP contribution >= 0.6 is 0 Å². The molecule has 0 atom stereocenters. The molecule has 0 spiro atoms. The average Bonchev–Trinajstić information content (AvgIpc) is 2.46. The van der Waals surface area contributed by atoms with Gasteiger partial charge in [-0.1, -0.05) is 18.2 Å². The third-order valence-corrected chi connectivity index (χ3v) is 2.84. The Balaban J connectivity index is 2.06. The molecule has 1 N–H and O–H groups in total. The lowest BCUT2D eigenvalue weighted by Crippen LogP contribution is -2.29. The highest BCUT2D eigenvalue weighted by molar-refractivity contribution is 5.96. The maximum absolute atomic E-state index is 11.9. The molecule has 2 aromatic rings. The molecule has 0 saturated carbocycles. The number of carbonyl (C=O) groups is 1. The van der Waals surface area contributed by atoms with Crippen molar-refractivity contribution in [1.82, 2.24) is 5.32 Å².